The third-order valence-corrected chi connectivity index (χ3v) is 4.40. The van der Waals surface area contributed by atoms with Gasteiger partial charge in [0.05, 0.1) is 0 Å². The van der Waals surface area contributed by atoms with E-state index in [0.29, 0.717) is 6.79 Å². The molecule has 0 amide bonds. The molecule has 0 aliphatic rings. The molecule has 3 heteroatoms. The summed E-state index contributed by atoms with van der Waals surface area (Å²) >= 11 is 0. The topological polar surface area (TPSA) is 18.5 Å². The second-order valence-corrected chi connectivity index (χ2v) is 5.57. The maximum atomic E-state index is 5.59. The second kappa shape index (κ2) is 8.24. The van der Waals surface area contributed by atoms with Crippen molar-refractivity contribution in [2.24, 2.45) is 0 Å². The Bertz CT molecular complexity index is 78.5. The van der Waals surface area contributed by atoms with Crippen LogP contribution in [-0.2, 0) is 9.16 Å². The van der Waals surface area contributed by atoms with E-state index in [1.54, 1.807) is 0 Å². The van der Waals surface area contributed by atoms with Crippen molar-refractivity contribution in [3.05, 3.63) is 0 Å². The quantitative estimate of drug-likeness (QED) is 0.336. The van der Waals surface area contributed by atoms with Gasteiger partial charge in [0.1, 0.15) is 6.79 Å². The van der Waals surface area contributed by atoms with Crippen LogP contribution in [0.5, 0.6) is 0 Å². The molecule has 0 aliphatic carbocycles. The molecule has 68 valence electrons. The highest BCUT2D eigenvalue weighted by Crippen LogP contribution is 2.03. The van der Waals surface area contributed by atoms with Gasteiger partial charge in [-0.1, -0.05) is 20.3 Å². The summed E-state index contributed by atoms with van der Waals surface area (Å²) in [7, 11) is -0.870. The summed E-state index contributed by atoms with van der Waals surface area (Å²) in [5, 5.41) is 0. The number of hydrogen-bond donors (Lipinski definition) is 0. The molecule has 0 saturated carbocycles. The van der Waals surface area contributed by atoms with Crippen LogP contribution in [0.25, 0.3) is 0 Å². The van der Waals surface area contributed by atoms with E-state index in [1.165, 1.54) is 18.5 Å². The molecule has 0 fully saturated rings. The lowest BCUT2D eigenvalue weighted by atomic mass is 10.6. The summed E-state index contributed by atoms with van der Waals surface area (Å²) < 4.78 is 10.7. The molecule has 0 rings (SSSR count). The first-order valence-corrected chi connectivity index (χ1v) is 6.64. The molecule has 0 heterocycles. The Morgan fingerprint density at radius 2 is 1.91 bits per heavy atom. The smallest absolute Gasteiger partial charge is 0.179 e. The molecule has 2 nitrogen and oxygen atoms in total. The molecule has 0 aromatic carbocycles. The summed E-state index contributed by atoms with van der Waals surface area (Å²) in [5.41, 5.74) is 0. The number of hydrogen-bond acceptors (Lipinski definition) is 2. The molecule has 0 aromatic heterocycles. The lowest BCUT2D eigenvalue weighted by Crippen LogP contribution is -2.18. The lowest BCUT2D eigenvalue weighted by Gasteiger charge is -2.12. The van der Waals surface area contributed by atoms with E-state index in [1.807, 2.05) is 6.92 Å². The van der Waals surface area contributed by atoms with Crippen molar-refractivity contribution >= 4 is 9.04 Å². The van der Waals surface area contributed by atoms with E-state index >= 15 is 0 Å². The summed E-state index contributed by atoms with van der Waals surface area (Å²) in [4.78, 5) is 0. The van der Waals surface area contributed by atoms with Crippen LogP contribution in [0.3, 0.4) is 0 Å². The average molecular weight is 176 g/mol. The molecule has 1 atom stereocenters. The summed E-state index contributed by atoms with van der Waals surface area (Å²) in [6.45, 7) is 7.68. The standard InChI is InChI=1S/C8H20O2Si/c1-4-7-11(6-3)10-8-9-5-2/h11H,4-8H2,1-3H3. The molecular weight excluding hydrogens is 156 g/mol. The van der Waals surface area contributed by atoms with Gasteiger partial charge in [0, 0.05) is 6.61 Å². The van der Waals surface area contributed by atoms with Crippen molar-refractivity contribution in [1.29, 1.82) is 0 Å². The molecule has 0 radical (unpaired) electrons. The Morgan fingerprint density at radius 3 is 2.36 bits per heavy atom. The Labute approximate surface area is 71.6 Å². The zero-order valence-corrected chi connectivity index (χ0v) is 9.08. The van der Waals surface area contributed by atoms with E-state index in [9.17, 15) is 0 Å². The minimum absolute atomic E-state index is 0.515. The van der Waals surface area contributed by atoms with Gasteiger partial charge >= 0.3 is 0 Å². The summed E-state index contributed by atoms with van der Waals surface area (Å²) in [6.07, 6.45) is 1.25. The van der Waals surface area contributed by atoms with Crippen molar-refractivity contribution in [2.75, 3.05) is 13.4 Å². The third kappa shape index (κ3) is 6.53. The van der Waals surface area contributed by atoms with Crippen LogP contribution in [0.4, 0.5) is 0 Å². The summed E-state index contributed by atoms with van der Waals surface area (Å²) in [5.74, 6) is 0. The van der Waals surface area contributed by atoms with Gasteiger partial charge in [0.25, 0.3) is 0 Å². The molecule has 0 N–H and O–H groups in total. The Kier molecular flexibility index (Phi) is 8.34. The maximum absolute atomic E-state index is 5.59. The van der Waals surface area contributed by atoms with Crippen LogP contribution in [0, 0.1) is 0 Å². The first kappa shape index (κ1) is 11.1. The Hall–Kier alpha value is 0.137. The van der Waals surface area contributed by atoms with Crippen LogP contribution in [0.1, 0.15) is 27.2 Å². The third-order valence-electron chi connectivity index (χ3n) is 1.66. The molecule has 11 heavy (non-hydrogen) atoms. The SMILES string of the molecule is CCC[SiH](CC)OCOCC. The Morgan fingerprint density at radius 1 is 1.18 bits per heavy atom. The van der Waals surface area contributed by atoms with Crippen molar-refractivity contribution in [3.8, 4) is 0 Å². The molecule has 0 saturated heterocycles. The number of rotatable bonds is 7. The summed E-state index contributed by atoms with van der Waals surface area (Å²) in [6, 6.07) is 2.50. The zero-order valence-electron chi connectivity index (χ0n) is 7.93. The molecule has 0 bridgehead atoms. The normalized spacial score (nSPS) is 13.4. The van der Waals surface area contributed by atoms with Gasteiger partial charge in [-0.15, -0.1) is 0 Å². The molecule has 1 unspecified atom stereocenters. The van der Waals surface area contributed by atoms with Crippen molar-refractivity contribution in [2.45, 2.75) is 39.3 Å². The minimum atomic E-state index is -0.870. The highest BCUT2D eigenvalue weighted by Gasteiger charge is 2.06. The van der Waals surface area contributed by atoms with Crippen LogP contribution >= 0.6 is 0 Å². The number of ether oxygens (including phenoxy) is 1. The first-order valence-electron chi connectivity index (χ1n) is 4.54. The minimum Gasteiger partial charge on any atom is -0.398 e. The van der Waals surface area contributed by atoms with Crippen LogP contribution in [0.2, 0.25) is 12.1 Å². The Balaban J connectivity index is 3.20. The van der Waals surface area contributed by atoms with Crippen molar-refractivity contribution < 1.29 is 9.16 Å². The van der Waals surface area contributed by atoms with Crippen LogP contribution < -0.4 is 0 Å². The monoisotopic (exact) mass is 176 g/mol. The van der Waals surface area contributed by atoms with Gasteiger partial charge in [-0.05, 0) is 19.0 Å². The van der Waals surface area contributed by atoms with Gasteiger partial charge in [-0.3, -0.25) is 0 Å². The largest absolute Gasteiger partial charge is 0.398 e. The highest BCUT2D eigenvalue weighted by atomic mass is 28.3. The highest BCUT2D eigenvalue weighted by molar-refractivity contribution is 6.51. The average Bonchev–Trinajstić information content (AvgIpc) is 2.03. The van der Waals surface area contributed by atoms with E-state index in [0.717, 1.165) is 6.61 Å². The van der Waals surface area contributed by atoms with Crippen LogP contribution in [0.15, 0.2) is 0 Å². The van der Waals surface area contributed by atoms with E-state index in [-0.39, 0.29) is 0 Å². The van der Waals surface area contributed by atoms with E-state index < -0.39 is 9.04 Å². The first-order chi connectivity index (χ1) is 5.35. The molecular formula is C8H20O2Si. The lowest BCUT2D eigenvalue weighted by molar-refractivity contribution is 0.0200. The molecule has 0 aromatic rings. The van der Waals surface area contributed by atoms with Gasteiger partial charge in [-0.25, -0.2) is 0 Å². The van der Waals surface area contributed by atoms with Gasteiger partial charge in [-0.2, -0.15) is 0 Å². The fourth-order valence-electron chi connectivity index (χ4n) is 0.955. The van der Waals surface area contributed by atoms with Crippen molar-refractivity contribution in [3.63, 3.8) is 0 Å². The predicted octanol–water partition coefficient (Wildman–Crippen LogP) is 2.15. The fourth-order valence-corrected chi connectivity index (χ4v) is 2.70. The predicted molar refractivity (Wildman–Crippen MR) is 50.3 cm³/mol. The van der Waals surface area contributed by atoms with Gasteiger partial charge < -0.3 is 9.16 Å². The van der Waals surface area contributed by atoms with E-state index in [2.05, 4.69) is 13.8 Å². The molecule has 0 aliphatic heterocycles. The molecule has 0 spiro atoms. The van der Waals surface area contributed by atoms with Gasteiger partial charge in [0.2, 0.25) is 0 Å². The zero-order chi connectivity index (χ0) is 8.53. The second-order valence-electron chi connectivity index (χ2n) is 2.60. The van der Waals surface area contributed by atoms with Crippen LogP contribution in [-0.4, -0.2) is 22.4 Å². The fraction of sp³-hybridized carbons (Fsp3) is 1.00. The maximum Gasteiger partial charge on any atom is 0.179 e. The van der Waals surface area contributed by atoms with Crippen molar-refractivity contribution in [1.82, 2.24) is 0 Å². The van der Waals surface area contributed by atoms with E-state index in [4.69, 9.17) is 9.16 Å². The van der Waals surface area contributed by atoms with Gasteiger partial charge in [0.15, 0.2) is 9.04 Å².